The molecule has 6 nitrogen and oxygen atoms in total. The highest BCUT2D eigenvalue weighted by molar-refractivity contribution is 5.93. The lowest BCUT2D eigenvalue weighted by Crippen LogP contribution is -2.26. The van der Waals surface area contributed by atoms with Crippen molar-refractivity contribution < 1.29 is 18.3 Å². The molecule has 0 atom stereocenters. The Labute approximate surface area is 159 Å². The van der Waals surface area contributed by atoms with E-state index < -0.39 is 17.5 Å². The average Bonchev–Trinajstić information content (AvgIpc) is 2.69. The zero-order valence-electron chi connectivity index (χ0n) is 15.0. The number of nitrogens with one attached hydrogen (secondary N) is 2. The fourth-order valence-corrected chi connectivity index (χ4v) is 2.67. The first-order valence-electron chi connectivity index (χ1n) is 8.44. The van der Waals surface area contributed by atoms with E-state index >= 15 is 0 Å². The minimum absolute atomic E-state index is 0.0726. The molecule has 144 valence electrons. The third kappa shape index (κ3) is 4.22. The number of aromatic nitrogens is 2. The second-order valence-corrected chi connectivity index (χ2v) is 5.92. The Morgan fingerprint density at radius 2 is 2.04 bits per heavy atom. The molecule has 1 aromatic carbocycles. The molecule has 0 unspecified atom stereocenters. The number of benzene rings is 1. The number of pyridine rings is 2. The number of amides is 1. The molecule has 0 fully saturated rings. The summed E-state index contributed by atoms with van der Waals surface area (Å²) >= 11 is 0. The van der Waals surface area contributed by atoms with Gasteiger partial charge in [-0.2, -0.15) is 0 Å². The fourth-order valence-electron chi connectivity index (χ4n) is 2.67. The van der Waals surface area contributed by atoms with Crippen molar-refractivity contribution in [2.45, 2.75) is 6.42 Å². The number of aromatic amines is 1. The maximum absolute atomic E-state index is 14.8. The summed E-state index contributed by atoms with van der Waals surface area (Å²) in [6.45, 7) is 0.141. The predicted molar refractivity (Wildman–Crippen MR) is 99.2 cm³/mol. The number of carbonyl (C=O) groups excluding carboxylic acids is 1. The van der Waals surface area contributed by atoms with Crippen molar-refractivity contribution in [3.63, 3.8) is 0 Å². The first kappa shape index (κ1) is 19.2. The summed E-state index contributed by atoms with van der Waals surface area (Å²) in [5.74, 6) is -1.50. The number of halogens is 2. The van der Waals surface area contributed by atoms with Gasteiger partial charge in [0.05, 0.1) is 18.4 Å². The summed E-state index contributed by atoms with van der Waals surface area (Å²) in [5.41, 5.74) is 0.691. The van der Waals surface area contributed by atoms with Crippen LogP contribution in [0.25, 0.3) is 11.1 Å². The maximum atomic E-state index is 14.8. The SMILES string of the molecule is COc1ccc(-c2ccnc(CCNC(=O)c3ccc(=O)[nH]c3)c2F)cc1F. The molecule has 0 aliphatic heterocycles. The molecule has 0 aliphatic rings. The van der Waals surface area contributed by atoms with Crippen molar-refractivity contribution in [3.8, 4) is 16.9 Å². The Kier molecular flexibility index (Phi) is 5.78. The van der Waals surface area contributed by atoms with Crippen LogP contribution >= 0.6 is 0 Å². The molecule has 1 amide bonds. The van der Waals surface area contributed by atoms with E-state index in [2.05, 4.69) is 15.3 Å². The first-order chi connectivity index (χ1) is 13.5. The van der Waals surface area contributed by atoms with Crippen molar-refractivity contribution >= 4 is 5.91 Å². The normalized spacial score (nSPS) is 10.5. The lowest BCUT2D eigenvalue weighted by atomic mass is 10.0. The molecule has 3 aromatic rings. The van der Waals surface area contributed by atoms with Crippen molar-refractivity contribution in [2.75, 3.05) is 13.7 Å². The number of ether oxygens (including phenoxy) is 1. The third-order valence-corrected chi connectivity index (χ3v) is 4.12. The summed E-state index contributed by atoms with van der Waals surface area (Å²) in [6, 6.07) is 8.27. The number of methoxy groups -OCH3 is 1. The van der Waals surface area contributed by atoms with Gasteiger partial charge < -0.3 is 15.0 Å². The summed E-state index contributed by atoms with van der Waals surface area (Å²) < 4.78 is 33.6. The van der Waals surface area contributed by atoms with Gasteiger partial charge >= 0.3 is 0 Å². The Morgan fingerprint density at radius 1 is 1.21 bits per heavy atom. The molecule has 8 heteroatoms. The van der Waals surface area contributed by atoms with Crippen molar-refractivity contribution in [1.29, 1.82) is 0 Å². The summed E-state index contributed by atoms with van der Waals surface area (Å²) in [4.78, 5) is 29.5. The van der Waals surface area contributed by atoms with E-state index in [-0.39, 0.29) is 41.1 Å². The third-order valence-electron chi connectivity index (χ3n) is 4.12. The molecule has 2 N–H and O–H groups in total. The zero-order chi connectivity index (χ0) is 20.1. The molecule has 0 saturated carbocycles. The highest BCUT2D eigenvalue weighted by atomic mass is 19.1. The smallest absolute Gasteiger partial charge is 0.252 e. The van der Waals surface area contributed by atoms with Gasteiger partial charge in [0.1, 0.15) is 0 Å². The highest BCUT2D eigenvalue weighted by Crippen LogP contribution is 2.28. The van der Waals surface area contributed by atoms with Crippen molar-refractivity contribution in [3.05, 3.63) is 82.0 Å². The maximum Gasteiger partial charge on any atom is 0.252 e. The van der Waals surface area contributed by atoms with Crippen LogP contribution in [0.1, 0.15) is 16.1 Å². The van der Waals surface area contributed by atoms with Crippen LogP contribution in [0.2, 0.25) is 0 Å². The van der Waals surface area contributed by atoms with Crippen LogP contribution in [-0.4, -0.2) is 29.5 Å². The highest BCUT2D eigenvalue weighted by Gasteiger charge is 2.14. The van der Waals surface area contributed by atoms with E-state index in [0.717, 1.165) is 0 Å². The van der Waals surface area contributed by atoms with E-state index in [1.807, 2.05) is 0 Å². The van der Waals surface area contributed by atoms with Gasteiger partial charge in [-0.15, -0.1) is 0 Å². The minimum atomic E-state index is -0.592. The Morgan fingerprint density at radius 3 is 2.71 bits per heavy atom. The van der Waals surface area contributed by atoms with Crippen molar-refractivity contribution in [2.24, 2.45) is 0 Å². The van der Waals surface area contributed by atoms with Crippen LogP contribution in [-0.2, 0) is 6.42 Å². The molecule has 0 bridgehead atoms. The monoisotopic (exact) mass is 385 g/mol. The second-order valence-electron chi connectivity index (χ2n) is 5.92. The summed E-state index contributed by atoms with van der Waals surface area (Å²) in [7, 11) is 1.35. The predicted octanol–water partition coefficient (Wildman–Crippen LogP) is 2.70. The Hall–Kier alpha value is -3.55. The number of carbonyl (C=O) groups is 1. The van der Waals surface area contributed by atoms with Gasteiger partial charge in [-0.25, -0.2) is 8.78 Å². The van der Waals surface area contributed by atoms with Crippen LogP contribution in [0.5, 0.6) is 5.75 Å². The van der Waals surface area contributed by atoms with Crippen LogP contribution in [0, 0.1) is 11.6 Å². The molecular weight excluding hydrogens is 368 g/mol. The number of nitrogens with zero attached hydrogens (tertiary/aromatic N) is 1. The van der Waals surface area contributed by atoms with Crippen LogP contribution in [0.15, 0.2) is 53.6 Å². The number of hydrogen-bond acceptors (Lipinski definition) is 4. The van der Waals surface area contributed by atoms with E-state index in [9.17, 15) is 18.4 Å². The number of rotatable bonds is 6. The van der Waals surface area contributed by atoms with Gasteiger partial charge in [-0.05, 0) is 29.8 Å². The summed E-state index contributed by atoms with van der Waals surface area (Å²) in [5, 5.41) is 2.63. The van der Waals surface area contributed by atoms with Gasteiger partial charge in [0.15, 0.2) is 17.4 Å². The second kappa shape index (κ2) is 8.43. The van der Waals surface area contributed by atoms with E-state index in [1.165, 1.54) is 49.8 Å². The van der Waals surface area contributed by atoms with Crippen LogP contribution in [0.3, 0.4) is 0 Å². The topological polar surface area (TPSA) is 84.1 Å². The minimum Gasteiger partial charge on any atom is -0.494 e. The molecule has 0 aliphatic carbocycles. The molecule has 0 saturated heterocycles. The van der Waals surface area contributed by atoms with E-state index in [1.54, 1.807) is 6.07 Å². The molecular formula is C20H17F2N3O3. The first-order valence-corrected chi connectivity index (χ1v) is 8.44. The van der Waals surface area contributed by atoms with Gasteiger partial charge in [-0.1, -0.05) is 6.07 Å². The number of H-pyrrole nitrogens is 1. The van der Waals surface area contributed by atoms with Crippen LogP contribution < -0.4 is 15.6 Å². The quantitative estimate of drug-likeness (QED) is 0.683. The largest absolute Gasteiger partial charge is 0.494 e. The lowest BCUT2D eigenvalue weighted by molar-refractivity contribution is 0.0953. The van der Waals surface area contributed by atoms with Gasteiger partial charge in [-0.3, -0.25) is 14.6 Å². The molecule has 2 heterocycles. The Balaban J connectivity index is 1.71. The zero-order valence-corrected chi connectivity index (χ0v) is 15.0. The fraction of sp³-hybridized carbons (Fsp3) is 0.150. The Bertz CT molecular complexity index is 1050. The standard InChI is InChI=1S/C20H17F2N3O3/c1-28-17-4-2-12(10-15(17)21)14-6-8-23-16(19(14)22)7-9-24-20(27)13-3-5-18(26)25-11-13/h2-6,8,10-11H,7,9H2,1H3,(H,24,27)(H,25,26). The van der Waals surface area contributed by atoms with Gasteiger partial charge in [0, 0.05) is 37.0 Å². The average molecular weight is 385 g/mol. The van der Waals surface area contributed by atoms with Crippen molar-refractivity contribution in [1.82, 2.24) is 15.3 Å². The molecule has 3 rings (SSSR count). The lowest BCUT2D eigenvalue weighted by Gasteiger charge is -2.10. The van der Waals surface area contributed by atoms with Crippen LogP contribution in [0.4, 0.5) is 8.78 Å². The molecule has 28 heavy (non-hydrogen) atoms. The van der Waals surface area contributed by atoms with E-state index in [0.29, 0.717) is 5.56 Å². The molecule has 2 aromatic heterocycles. The summed E-state index contributed by atoms with van der Waals surface area (Å²) in [6.07, 6.45) is 2.88. The van der Waals surface area contributed by atoms with Gasteiger partial charge in [0.2, 0.25) is 5.56 Å². The van der Waals surface area contributed by atoms with Gasteiger partial charge in [0.25, 0.3) is 5.91 Å². The molecule has 0 spiro atoms. The van der Waals surface area contributed by atoms with E-state index in [4.69, 9.17) is 4.74 Å². The number of hydrogen-bond donors (Lipinski definition) is 2. The molecule has 0 radical (unpaired) electrons.